The molecule has 8 heteroatoms. The van der Waals surface area contributed by atoms with E-state index in [1.165, 1.54) is 12.6 Å². The third-order valence-electron chi connectivity index (χ3n) is 3.88. The Bertz CT molecular complexity index is 856. The Labute approximate surface area is 142 Å². The maximum absolute atomic E-state index is 12.1. The van der Waals surface area contributed by atoms with Crippen LogP contribution in [0.1, 0.15) is 21.6 Å². The van der Waals surface area contributed by atoms with Crippen LogP contribution in [0.15, 0.2) is 24.3 Å². The van der Waals surface area contributed by atoms with Gasteiger partial charge in [0.05, 0.1) is 11.4 Å². The number of nitrogens with zero attached hydrogens (tertiary/aromatic N) is 2. The number of carbonyl (C=O) groups excluding carboxylic acids is 1. The van der Waals surface area contributed by atoms with Gasteiger partial charge in [-0.1, -0.05) is 12.1 Å². The maximum Gasteiger partial charge on any atom is 0.271 e. The monoisotopic (exact) mass is 350 g/mol. The van der Waals surface area contributed by atoms with Gasteiger partial charge < -0.3 is 5.32 Å². The Morgan fingerprint density at radius 2 is 1.92 bits per heavy atom. The van der Waals surface area contributed by atoms with Crippen molar-refractivity contribution in [1.82, 2.24) is 19.8 Å². The SMILES string of the molecule is CNS(=O)(=O)CCNC(=O)c1cc(-c2ccc(C)c(C)c2)n(C)n1. The van der Waals surface area contributed by atoms with Gasteiger partial charge in [0, 0.05) is 19.2 Å². The summed E-state index contributed by atoms with van der Waals surface area (Å²) >= 11 is 0. The van der Waals surface area contributed by atoms with Gasteiger partial charge in [-0.2, -0.15) is 5.10 Å². The lowest BCUT2D eigenvalue weighted by Gasteiger charge is -2.05. The smallest absolute Gasteiger partial charge is 0.271 e. The van der Waals surface area contributed by atoms with Gasteiger partial charge in [-0.25, -0.2) is 13.1 Å². The maximum atomic E-state index is 12.1. The van der Waals surface area contributed by atoms with E-state index in [2.05, 4.69) is 15.1 Å². The van der Waals surface area contributed by atoms with Crippen LogP contribution in [-0.2, 0) is 17.1 Å². The molecule has 0 atom stereocenters. The Balaban J connectivity index is 2.13. The van der Waals surface area contributed by atoms with Crippen LogP contribution in [0, 0.1) is 13.8 Å². The minimum Gasteiger partial charge on any atom is -0.350 e. The van der Waals surface area contributed by atoms with Crippen molar-refractivity contribution in [3.05, 3.63) is 41.1 Å². The molecule has 1 aromatic heterocycles. The number of carbonyl (C=O) groups is 1. The van der Waals surface area contributed by atoms with Gasteiger partial charge in [0.15, 0.2) is 5.69 Å². The highest BCUT2D eigenvalue weighted by atomic mass is 32.2. The zero-order valence-electron chi connectivity index (χ0n) is 14.3. The average molecular weight is 350 g/mol. The Hall–Kier alpha value is -2.19. The number of hydrogen-bond donors (Lipinski definition) is 2. The van der Waals surface area contributed by atoms with Crippen LogP contribution in [-0.4, -0.2) is 43.5 Å². The molecule has 2 N–H and O–H groups in total. The number of nitrogens with one attached hydrogen (secondary N) is 2. The summed E-state index contributed by atoms with van der Waals surface area (Å²) in [5.41, 5.74) is 4.42. The number of aryl methyl sites for hydroxylation is 3. The van der Waals surface area contributed by atoms with E-state index >= 15 is 0 Å². The summed E-state index contributed by atoms with van der Waals surface area (Å²) in [4.78, 5) is 12.1. The van der Waals surface area contributed by atoms with E-state index in [9.17, 15) is 13.2 Å². The Kier molecular flexibility index (Phi) is 5.40. The third-order valence-corrected chi connectivity index (χ3v) is 5.25. The second-order valence-corrected chi connectivity index (χ2v) is 7.66. The molecule has 1 heterocycles. The number of hydrogen-bond acceptors (Lipinski definition) is 4. The zero-order valence-corrected chi connectivity index (χ0v) is 15.1. The molecule has 2 rings (SSSR count). The summed E-state index contributed by atoms with van der Waals surface area (Å²) in [6.45, 7) is 4.10. The molecule has 0 aliphatic rings. The van der Waals surface area contributed by atoms with Crippen molar-refractivity contribution in [2.45, 2.75) is 13.8 Å². The van der Waals surface area contributed by atoms with Gasteiger partial charge in [-0.3, -0.25) is 9.48 Å². The largest absolute Gasteiger partial charge is 0.350 e. The van der Waals surface area contributed by atoms with Crippen LogP contribution < -0.4 is 10.0 Å². The number of benzene rings is 1. The summed E-state index contributed by atoms with van der Waals surface area (Å²) < 4.78 is 26.5. The first-order valence-electron chi connectivity index (χ1n) is 7.54. The van der Waals surface area contributed by atoms with Crippen LogP contribution in [0.4, 0.5) is 0 Å². The molecule has 0 aliphatic heterocycles. The van der Waals surface area contributed by atoms with E-state index in [-0.39, 0.29) is 18.0 Å². The third kappa shape index (κ3) is 4.21. The molecule has 0 aliphatic carbocycles. The van der Waals surface area contributed by atoms with Gasteiger partial charge in [0.25, 0.3) is 5.91 Å². The number of amides is 1. The topological polar surface area (TPSA) is 93.1 Å². The van der Waals surface area contributed by atoms with E-state index in [1.807, 2.05) is 32.0 Å². The summed E-state index contributed by atoms with van der Waals surface area (Å²) in [6.07, 6.45) is 0. The quantitative estimate of drug-likeness (QED) is 0.812. The van der Waals surface area contributed by atoms with Gasteiger partial charge >= 0.3 is 0 Å². The van der Waals surface area contributed by atoms with Crippen molar-refractivity contribution in [3.63, 3.8) is 0 Å². The molecule has 0 unspecified atom stereocenters. The summed E-state index contributed by atoms with van der Waals surface area (Å²) in [5, 5.41) is 6.78. The van der Waals surface area contributed by atoms with Crippen LogP contribution in [0.3, 0.4) is 0 Å². The predicted molar refractivity (Wildman–Crippen MR) is 93.3 cm³/mol. The lowest BCUT2D eigenvalue weighted by molar-refractivity contribution is 0.0950. The molecule has 1 aromatic carbocycles. The molecule has 24 heavy (non-hydrogen) atoms. The van der Waals surface area contributed by atoms with Gasteiger partial charge in [-0.15, -0.1) is 0 Å². The summed E-state index contributed by atoms with van der Waals surface area (Å²) in [5.74, 6) is -0.571. The van der Waals surface area contributed by atoms with Crippen molar-refractivity contribution in [3.8, 4) is 11.3 Å². The molecule has 2 aromatic rings. The fourth-order valence-electron chi connectivity index (χ4n) is 2.24. The second-order valence-electron chi connectivity index (χ2n) is 5.62. The lowest BCUT2D eigenvalue weighted by atomic mass is 10.0. The molecular formula is C16H22N4O3S. The summed E-state index contributed by atoms with van der Waals surface area (Å²) in [7, 11) is -0.233. The van der Waals surface area contributed by atoms with Gasteiger partial charge in [-0.05, 0) is 44.2 Å². The molecule has 130 valence electrons. The Morgan fingerprint density at radius 1 is 1.21 bits per heavy atom. The molecule has 0 fully saturated rings. The second kappa shape index (κ2) is 7.14. The van der Waals surface area contributed by atoms with E-state index < -0.39 is 15.9 Å². The van der Waals surface area contributed by atoms with Crippen molar-refractivity contribution in [2.24, 2.45) is 7.05 Å². The van der Waals surface area contributed by atoms with Gasteiger partial charge in [0.1, 0.15) is 0 Å². The van der Waals surface area contributed by atoms with Crippen molar-refractivity contribution in [1.29, 1.82) is 0 Å². The van der Waals surface area contributed by atoms with E-state index in [0.717, 1.165) is 16.8 Å². The molecule has 0 spiro atoms. The first kappa shape index (κ1) is 18.2. The summed E-state index contributed by atoms with van der Waals surface area (Å²) in [6, 6.07) is 7.76. The molecule has 0 bridgehead atoms. The molecular weight excluding hydrogens is 328 g/mol. The minimum atomic E-state index is -3.34. The number of sulfonamides is 1. The highest BCUT2D eigenvalue weighted by Gasteiger charge is 2.15. The highest BCUT2D eigenvalue weighted by Crippen LogP contribution is 2.22. The fraction of sp³-hybridized carbons (Fsp3) is 0.375. The predicted octanol–water partition coefficient (Wildman–Crippen LogP) is 0.983. The highest BCUT2D eigenvalue weighted by molar-refractivity contribution is 7.89. The number of aromatic nitrogens is 2. The van der Waals surface area contributed by atoms with Crippen molar-refractivity contribution >= 4 is 15.9 Å². The van der Waals surface area contributed by atoms with Gasteiger partial charge in [0.2, 0.25) is 10.0 Å². The number of rotatable bonds is 6. The molecule has 0 radical (unpaired) electrons. The zero-order chi connectivity index (χ0) is 17.9. The molecule has 7 nitrogen and oxygen atoms in total. The fourth-order valence-corrected chi connectivity index (χ4v) is 2.82. The van der Waals surface area contributed by atoms with Crippen LogP contribution in [0.25, 0.3) is 11.3 Å². The van der Waals surface area contributed by atoms with Crippen LogP contribution in [0.2, 0.25) is 0 Å². The average Bonchev–Trinajstić information content (AvgIpc) is 2.92. The lowest BCUT2D eigenvalue weighted by Crippen LogP contribution is -2.33. The Morgan fingerprint density at radius 3 is 2.54 bits per heavy atom. The molecule has 0 saturated heterocycles. The normalized spacial score (nSPS) is 11.5. The van der Waals surface area contributed by atoms with Crippen LogP contribution >= 0.6 is 0 Å². The van der Waals surface area contributed by atoms with E-state index in [4.69, 9.17) is 0 Å². The molecule has 0 saturated carbocycles. The minimum absolute atomic E-state index is 0.0254. The van der Waals surface area contributed by atoms with Crippen LogP contribution in [0.5, 0.6) is 0 Å². The van der Waals surface area contributed by atoms with Crippen molar-refractivity contribution in [2.75, 3.05) is 19.3 Å². The first-order valence-corrected chi connectivity index (χ1v) is 9.20. The van der Waals surface area contributed by atoms with E-state index in [0.29, 0.717) is 0 Å². The van der Waals surface area contributed by atoms with Crippen molar-refractivity contribution < 1.29 is 13.2 Å². The molecule has 1 amide bonds. The first-order chi connectivity index (χ1) is 11.2. The standard InChI is InChI=1S/C16H22N4O3S/c1-11-5-6-13(9-12(11)2)15-10-14(19-20(15)4)16(21)18-7-8-24(22,23)17-3/h5-6,9-10,17H,7-8H2,1-4H3,(H,18,21). The van der Waals surface area contributed by atoms with E-state index in [1.54, 1.807) is 17.8 Å².